The van der Waals surface area contributed by atoms with Crippen LogP contribution >= 0.6 is 0 Å². The molecule has 148 valence electrons. The van der Waals surface area contributed by atoms with E-state index in [2.05, 4.69) is 18.2 Å². The number of rotatable bonds is 6. The summed E-state index contributed by atoms with van der Waals surface area (Å²) in [6.45, 7) is 2.30. The number of fused-ring (bicyclic) bond motifs is 1. The van der Waals surface area contributed by atoms with Gasteiger partial charge in [0.1, 0.15) is 5.75 Å². The molecule has 1 amide bonds. The van der Waals surface area contributed by atoms with E-state index in [9.17, 15) is 4.79 Å². The molecule has 3 aromatic rings. The second-order valence-electron chi connectivity index (χ2n) is 7.25. The first-order valence-electron chi connectivity index (χ1n) is 9.89. The van der Waals surface area contributed by atoms with Gasteiger partial charge in [-0.15, -0.1) is 0 Å². The van der Waals surface area contributed by atoms with E-state index < -0.39 is 0 Å². The number of amides is 1. The summed E-state index contributed by atoms with van der Waals surface area (Å²) >= 11 is 0. The summed E-state index contributed by atoms with van der Waals surface area (Å²) in [5.41, 5.74) is 5.23. The fraction of sp³-hybridized carbons (Fsp3) is 0.240. The SMILES string of the molecule is COc1ccc(C(=O)N2CCc3ccccc3C2)cc1COCc1ccccc1. The topological polar surface area (TPSA) is 38.8 Å². The Morgan fingerprint density at radius 1 is 0.931 bits per heavy atom. The summed E-state index contributed by atoms with van der Waals surface area (Å²) in [5, 5.41) is 0. The van der Waals surface area contributed by atoms with Crippen molar-refractivity contribution >= 4 is 5.91 Å². The van der Waals surface area contributed by atoms with E-state index in [-0.39, 0.29) is 5.91 Å². The number of nitrogens with zero attached hydrogens (tertiary/aromatic N) is 1. The molecule has 1 aliphatic heterocycles. The maximum atomic E-state index is 13.1. The van der Waals surface area contributed by atoms with Gasteiger partial charge in [0, 0.05) is 24.2 Å². The summed E-state index contributed by atoms with van der Waals surface area (Å²) in [6.07, 6.45) is 0.894. The van der Waals surface area contributed by atoms with E-state index in [0.29, 0.717) is 25.3 Å². The van der Waals surface area contributed by atoms with Gasteiger partial charge in [-0.05, 0) is 41.3 Å². The molecule has 0 saturated heterocycles. The Labute approximate surface area is 171 Å². The lowest BCUT2D eigenvalue weighted by Crippen LogP contribution is -2.36. The highest BCUT2D eigenvalue weighted by molar-refractivity contribution is 5.94. The molecule has 29 heavy (non-hydrogen) atoms. The normalized spacial score (nSPS) is 13.1. The van der Waals surface area contributed by atoms with Gasteiger partial charge < -0.3 is 14.4 Å². The van der Waals surface area contributed by atoms with Crippen LogP contribution in [0.2, 0.25) is 0 Å². The smallest absolute Gasteiger partial charge is 0.254 e. The summed E-state index contributed by atoms with van der Waals surface area (Å²) in [7, 11) is 1.64. The van der Waals surface area contributed by atoms with Crippen molar-refractivity contribution < 1.29 is 14.3 Å². The monoisotopic (exact) mass is 387 g/mol. The standard InChI is InChI=1S/C25H25NO3/c1-28-24-12-11-21(15-23(24)18-29-17-19-7-3-2-4-8-19)25(27)26-14-13-20-9-5-6-10-22(20)16-26/h2-12,15H,13-14,16-18H2,1H3. The molecule has 0 spiro atoms. The Hall–Kier alpha value is -3.11. The summed E-state index contributed by atoms with van der Waals surface area (Å²) < 4.78 is 11.3. The number of hydrogen-bond acceptors (Lipinski definition) is 3. The van der Waals surface area contributed by atoms with Gasteiger partial charge in [0.15, 0.2) is 0 Å². The summed E-state index contributed by atoms with van der Waals surface area (Å²) in [6, 6.07) is 24.0. The summed E-state index contributed by atoms with van der Waals surface area (Å²) in [4.78, 5) is 15.0. The highest BCUT2D eigenvalue weighted by atomic mass is 16.5. The van der Waals surface area contributed by atoms with Crippen molar-refractivity contribution in [1.29, 1.82) is 0 Å². The molecule has 0 bridgehead atoms. The van der Waals surface area contributed by atoms with E-state index in [0.717, 1.165) is 29.8 Å². The number of ether oxygens (including phenoxy) is 2. The quantitative estimate of drug-likeness (QED) is 0.620. The third-order valence-electron chi connectivity index (χ3n) is 5.31. The first-order chi connectivity index (χ1) is 14.2. The first-order valence-corrected chi connectivity index (χ1v) is 9.89. The molecule has 3 aromatic carbocycles. The van der Waals surface area contributed by atoms with Gasteiger partial charge in [0.25, 0.3) is 5.91 Å². The van der Waals surface area contributed by atoms with Gasteiger partial charge in [-0.3, -0.25) is 4.79 Å². The van der Waals surface area contributed by atoms with Crippen LogP contribution in [-0.2, 0) is 30.9 Å². The molecule has 0 aromatic heterocycles. The maximum Gasteiger partial charge on any atom is 0.254 e. The lowest BCUT2D eigenvalue weighted by Gasteiger charge is -2.29. The molecule has 0 aliphatic carbocycles. The van der Waals surface area contributed by atoms with Crippen molar-refractivity contribution in [2.75, 3.05) is 13.7 Å². The number of carbonyl (C=O) groups excluding carboxylic acids is 1. The average molecular weight is 387 g/mol. The molecule has 0 N–H and O–H groups in total. The Morgan fingerprint density at radius 2 is 1.69 bits per heavy atom. The van der Waals surface area contributed by atoms with Gasteiger partial charge >= 0.3 is 0 Å². The minimum Gasteiger partial charge on any atom is -0.496 e. The predicted octanol–water partition coefficient (Wildman–Crippen LogP) is 4.61. The predicted molar refractivity (Wildman–Crippen MR) is 113 cm³/mol. The van der Waals surface area contributed by atoms with E-state index in [1.165, 1.54) is 11.1 Å². The number of methoxy groups -OCH3 is 1. The molecule has 0 saturated carbocycles. The number of benzene rings is 3. The van der Waals surface area contributed by atoms with E-state index in [1.54, 1.807) is 7.11 Å². The first kappa shape index (κ1) is 19.2. The van der Waals surface area contributed by atoms with Crippen molar-refractivity contribution in [3.63, 3.8) is 0 Å². The molecule has 1 aliphatic rings. The Bertz CT molecular complexity index is 984. The minimum absolute atomic E-state index is 0.0477. The van der Waals surface area contributed by atoms with Crippen LogP contribution in [0.1, 0.15) is 32.6 Å². The van der Waals surface area contributed by atoms with Gasteiger partial charge in [-0.2, -0.15) is 0 Å². The van der Waals surface area contributed by atoms with E-state index >= 15 is 0 Å². The zero-order valence-electron chi connectivity index (χ0n) is 16.6. The van der Waals surface area contributed by atoms with Crippen LogP contribution < -0.4 is 4.74 Å². The Balaban J connectivity index is 1.46. The highest BCUT2D eigenvalue weighted by Crippen LogP contribution is 2.24. The van der Waals surface area contributed by atoms with E-state index in [4.69, 9.17) is 9.47 Å². The highest BCUT2D eigenvalue weighted by Gasteiger charge is 2.22. The van der Waals surface area contributed by atoms with Crippen LogP contribution in [0.3, 0.4) is 0 Å². The molecule has 0 radical (unpaired) electrons. The second-order valence-corrected chi connectivity index (χ2v) is 7.25. The van der Waals surface area contributed by atoms with Crippen LogP contribution in [0.15, 0.2) is 72.8 Å². The minimum atomic E-state index is 0.0477. The molecular weight excluding hydrogens is 362 g/mol. The molecule has 0 atom stereocenters. The third-order valence-corrected chi connectivity index (χ3v) is 5.31. The van der Waals surface area contributed by atoms with Gasteiger partial charge in [0.05, 0.1) is 20.3 Å². The van der Waals surface area contributed by atoms with Crippen molar-refractivity contribution in [1.82, 2.24) is 4.90 Å². The van der Waals surface area contributed by atoms with Crippen LogP contribution in [-0.4, -0.2) is 24.5 Å². The van der Waals surface area contributed by atoms with Crippen molar-refractivity contribution in [2.45, 2.75) is 26.2 Å². The fourth-order valence-electron chi connectivity index (χ4n) is 3.73. The van der Waals surface area contributed by atoms with E-state index in [1.807, 2.05) is 59.5 Å². The number of hydrogen-bond donors (Lipinski definition) is 0. The van der Waals surface area contributed by atoms with Gasteiger partial charge in [0.2, 0.25) is 0 Å². The molecule has 4 nitrogen and oxygen atoms in total. The van der Waals surface area contributed by atoms with Crippen LogP contribution in [0.5, 0.6) is 5.75 Å². The van der Waals surface area contributed by atoms with Crippen molar-refractivity contribution in [3.8, 4) is 5.75 Å². The molecule has 1 heterocycles. The van der Waals surface area contributed by atoms with Gasteiger partial charge in [-0.25, -0.2) is 0 Å². The van der Waals surface area contributed by atoms with Crippen LogP contribution in [0, 0.1) is 0 Å². The largest absolute Gasteiger partial charge is 0.496 e. The van der Waals surface area contributed by atoms with Crippen LogP contribution in [0.25, 0.3) is 0 Å². The Morgan fingerprint density at radius 3 is 2.48 bits per heavy atom. The zero-order valence-corrected chi connectivity index (χ0v) is 16.6. The zero-order chi connectivity index (χ0) is 20.1. The average Bonchev–Trinajstić information content (AvgIpc) is 2.79. The fourth-order valence-corrected chi connectivity index (χ4v) is 3.73. The van der Waals surface area contributed by atoms with Crippen molar-refractivity contribution in [2.24, 2.45) is 0 Å². The molecule has 4 heteroatoms. The lowest BCUT2D eigenvalue weighted by atomic mass is 9.99. The molecular formula is C25H25NO3. The molecule has 0 fully saturated rings. The Kier molecular flexibility index (Phi) is 5.92. The summed E-state index contributed by atoms with van der Waals surface area (Å²) in [5.74, 6) is 0.782. The third kappa shape index (κ3) is 4.49. The second kappa shape index (κ2) is 8.93. The number of carbonyl (C=O) groups is 1. The van der Waals surface area contributed by atoms with Gasteiger partial charge in [-0.1, -0.05) is 54.6 Å². The lowest BCUT2D eigenvalue weighted by molar-refractivity contribution is 0.0733. The molecule has 4 rings (SSSR count). The maximum absolute atomic E-state index is 13.1. The van der Waals surface area contributed by atoms with Crippen LogP contribution in [0.4, 0.5) is 0 Å². The molecule has 0 unspecified atom stereocenters. The van der Waals surface area contributed by atoms with Crippen molar-refractivity contribution in [3.05, 3.63) is 101 Å².